The molecule has 1 aliphatic heterocycles. The van der Waals surface area contributed by atoms with Gasteiger partial charge in [0.2, 0.25) is 0 Å². The second-order valence-electron chi connectivity index (χ2n) is 7.57. The van der Waals surface area contributed by atoms with Crippen molar-refractivity contribution in [3.8, 4) is 11.5 Å². The van der Waals surface area contributed by atoms with Crippen molar-refractivity contribution in [2.75, 3.05) is 27.3 Å². The summed E-state index contributed by atoms with van der Waals surface area (Å²) < 4.78 is 38.8. The Labute approximate surface area is 177 Å². The molecule has 4 rings (SSSR count). The second kappa shape index (κ2) is 8.44. The number of benzene rings is 1. The predicted octanol–water partition coefficient (Wildman–Crippen LogP) is 3.34. The number of hydrogen-bond acceptors (Lipinski definition) is 6. The van der Waals surface area contributed by atoms with E-state index in [1.165, 1.54) is 31.1 Å². The molecular formula is C21H23F2N5O3. The number of fused-ring (bicyclic) bond motifs is 1. The zero-order valence-electron chi connectivity index (χ0n) is 17.5. The fourth-order valence-corrected chi connectivity index (χ4v) is 4.02. The molecule has 1 aliphatic rings. The van der Waals surface area contributed by atoms with Crippen LogP contribution in [-0.2, 0) is 0 Å². The van der Waals surface area contributed by atoms with Gasteiger partial charge in [0.25, 0.3) is 18.1 Å². The molecule has 2 atom stereocenters. The molecule has 1 aromatic carbocycles. The number of aromatic nitrogens is 4. The third-order valence-corrected chi connectivity index (χ3v) is 5.78. The van der Waals surface area contributed by atoms with E-state index in [9.17, 15) is 13.6 Å². The Kier molecular flexibility index (Phi) is 5.71. The van der Waals surface area contributed by atoms with Gasteiger partial charge in [-0.25, -0.2) is 18.3 Å². The minimum Gasteiger partial charge on any atom is -0.493 e. The lowest BCUT2D eigenvalue weighted by atomic mass is 9.84. The van der Waals surface area contributed by atoms with Crippen molar-refractivity contribution in [3.05, 3.63) is 47.5 Å². The molecule has 31 heavy (non-hydrogen) atoms. The van der Waals surface area contributed by atoms with Crippen LogP contribution in [0, 0.1) is 5.92 Å². The van der Waals surface area contributed by atoms with E-state index in [4.69, 9.17) is 9.47 Å². The van der Waals surface area contributed by atoms with E-state index in [2.05, 4.69) is 15.1 Å². The maximum atomic E-state index is 13.4. The number of rotatable bonds is 5. The fraction of sp³-hybridized carbons (Fsp3) is 0.429. The molecule has 0 spiro atoms. The van der Waals surface area contributed by atoms with Gasteiger partial charge in [-0.2, -0.15) is 10.1 Å². The van der Waals surface area contributed by atoms with E-state index in [1.54, 1.807) is 23.1 Å². The Morgan fingerprint density at radius 3 is 2.68 bits per heavy atom. The minimum atomic E-state index is -2.72. The summed E-state index contributed by atoms with van der Waals surface area (Å²) in [6.07, 6.45) is -0.697. The molecule has 1 amide bonds. The summed E-state index contributed by atoms with van der Waals surface area (Å²) in [4.78, 5) is 22.8. The van der Waals surface area contributed by atoms with E-state index in [1.807, 2.05) is 6.92 Å². The Bertz CT molecular complexity index is 1100. The van der Waals surface area contributed by atoms with Gasteiger partial charge >= 0.3 is 0 Å². The molecule has 1 fully saturated rings. The van der Waals surface area contributed by atoms with E-state index >= 15 is 0 Å². The molecule has 8 nitrogen and oxygen atoms in total. The largest absolute Gasteiger partial charge is 0.493 e. The number of carbonyl (C=O) groups excluding carboxylic acids is 1. The fourth-order valence-electron chi connectivity index (χ4n) is 4.02. The quantitative estimate of drug-likeness (QED) is 0.616. The van der Waals surface area contributed by atoms with Gasteiger partial charge in [0.15, 0.2) is 11.5 Å². The van der Waals surface area contributed by atoms with Crippen molar-refractivity contribution in [2.45, 2.75) is 25.7 Å². The van der Waals surface area contributed by atoms with Crippen LogP contribution in [0.4, 0.5) is 8.78 Å². The zero-order chi connectivity index (χ0) is 22.1. The molecule has 2 aromatic heterocycles. The summed E-state index contributed by atoms with van der Waals surface area (Å²) >= 11 is 0. The molecule has 0 N–H and O–H groups in total. The zero-order valence-corrected chi connectivity index (χ0v) is 17.5. The summed E-state index contributed by atoms with van der Waals surface area (Å²) in [5.74, 6) is 0.945. The molecule has 0 bridgehead atoms. The van der Waals surface area contributed by atoms with Crippen LogP contribution in [0.3, 0.4) is 0 Å². The van der Waals surface area contributed by atoms with Crippen LogP contribution in [0.15, 0.2) is 30.6 Å². The maximum absolute atomic E-state index is 13.4. The summed E-state index contributed by atoms with van der Waals surface area (Å²) in [5, 5.41) is 4.16. The van der Waals surface area contributed by atoms with Crippen LogP contribution in [0.25, 0.3) is 5.78 Å². The second-order valence-corrected chi connectivity index (χ2v) is 7.57. The number of likely N-dealkylation sites (tertiary alicyclic amines) is 1. The lowest BCUT2D eigenvalue weighted by Crippen LogP contribution is -2.42. The van der Waals surface area contributed by atoms with Gasteiger partial charge in [-0.3, -0.25) is 4.79 Å². The first-order valence-corrected chi connectivity index (χ1v) is 9.93. The molecular weight excluding hydrogens is 408 g/mol. The first kappa shape index (κ1) is 21.0. The van der Waals surface area contributed by atoms with Crippen LogP contribution < -0.4 is 9.47 Å². The standard InChI is InChI=1S/C21H23F2N5O3/c1-12-6-7-27(20(29)13-4-5-17(30-2)18(8-13)31-3)10-14(12)16-9-15(19(22)23)26-21-24-11-25-28(16)21/h4-5,8-9,11-12,14,19H,6-7,10H2,1-3H3/t12-,14-/m1/s1. The average Bonchev–Trinajstić information content (AvgIpc) is 3.26. The Hall–Kier alpha value is -3.30. The Morgan fingerprint density at radius 2 is 1.97 bits per heavy atom. The number of piperidine rings is 1. The van der Waals surface area contributed by atoms with Crippen molar-refractivity contribution >= 4 is 11.7 Å². The van der Waals surface area contributed by atoms with E-state index in [-0.39, 0.29) is 29.2 Å². The van der Waals surface area contributed by atoms with Crippen molar-refractivity contribution in [3.63, 3.8) is 0 Å². The van der Waals surface area contributed by atoms with Crippen molar-refractivity contribution in [1.82, 2.24) is 24.5 Å². The van der Waals surface area contributed by atoms with Gasteiger partial charge in [-0.05, 0) is 36.6 Å². The van der Waals surface area contributed by atoms with Crippen molar-refractivity contribution in [2.24, 2.45) is 5.92 Å². The molecule has 164 valence electrons. The number of halogens is 2. The van der Waals surface area contributed by atoms with Crippen molar-refractivity contribution < 1.29 is 23.0 Å². The van der Waals surface area contributed by atoms with Gasteiger partial charge in [0.05, 0.1) is 19.9 Å². The van der Waals surface area contributed by atoms with Crippen LogP contribution in [0.5, 0.6) is 11.5 Å². The van der Waals surface area contributed by atoms with Crippen molar-refractivity contribution in [1.29, 1.82) is 0 Å². The number of amides is 1. The minimum absolute atomic E-state index is 0.128. The highest BCUT2D eigenvalue weighted by atomic mass is 19.3. The first-order valence-electron chi connectivity index (χ1n) is 9.93. The lowest BCUT2D eigenvalue weighted by Gasteiger charge is -2.37. The normalized spacial score (nSPS) is 19.1. The van der Waals surface area contributed by atoms with Gasteiger partial charge in [0.1, 0.15) is 12.0 Å². The van der Waals surface area contributed by atoms with E-state index in [0.717, 1.165) is 6.42 Å². The average molecular weight is 431 g/mol. The topological polar surface area (TPSA) is 81.9 Å². The molecule has 3 heterocycles. The summed E-state index contributed by atoms with van der Waals surface area (Å²) in [5.41, 5.74) is 0.709. The van der Waals surface area contributed by atoms with Crippen LogP contribution in [0.1, 0.15) is 47.4 Å². The highest BCUT2D eigenvalue weighted by Gasteiger charge is 2.33. The summed E-state index contributed by atoms with van der Waals surface area (Å²) in [7, 11) is 3.04. The maximum Gasteiger partial charge on any atom is 0.280 e. The molecule has 0 radical (unpaired) electrons. The Morgan fingerprint density at radius 1 is 1.19 bits per heavy atom. The highest BCUT2D eigenvalue weighted by molar-refractivity contribution is 5.95. The number of ether oxygens (including phenoxy) is 2. The predicted molar refractivity (Wildman–Crippen MR) is 108 cm³/mol. The SMILES string of the molecule is COc1ccc(C(=O)N2CC[C@@H](C)[C@H](c3cc(C(F)F)nc4ncnn34)C2)cc1OC. The number of nitrogens with zero attached hydrogens (tertiary/aromatic N) is 5. The molecule has 0 unspecified atom stereocenters. The molecule has 3 aromatic rings. The van der Waals surface area contributed by atoms with Gasteiger partial charge < -0.3 is 14.4 Å². The third kappa shape index (κ3) is 3.89. The summed E-state index contributed by atoms with van der Waals surface area (Å²) in [6.45, 7) is 2.99. The van der Waals surface area contributed by atoms with Gasteiger partial charge in [-0.15, -0.1) is 0 Å². The molecule has 10 heteroatoms. The summed E-state index contributed by atoms with van der Waals surface area (Å²) in [6, 6.07) is 6.39. The number of carbonyl (C=O) groups is 1. The third-order valence-electron chi connectivity index (χ3n) is 5.78. The lowest BCUT2D eigenvalue weighted by molar-refractivity contribution is 0.0665. The number of methoxy groups -OCH3 is 2. The molecule has 0 aliphatic carbocycles. The van der Waals surface area contributed by atoms with E-state index in [0.29, 0.717) is 35.8 Å². The van der Waals surface area contributed by atoms with E-state index < -0.39 is 6.43 Å². The van der Waals surface area contributed by atoms with Gasteiger partial charge in [0, 0.05) is 24.6 Å². The molecule has 0 saturated carbocycles. The van der Waals surface area contributed by atoms with Crippen LogP contribution in [-0.4, -0.2) is 57.7 Å². The molecule has 1 saturated heterocycles. The van der Waals surface area contributed by atoms with Gasteiger partial charge in [-0.1, -0.05) is 6.92 Å². The highest BCUT2D eigenvalue weighted by Crippen LogP contribution is 2.35. The Balaban J connectivity index is 1.66. The van der Waals surface area contributed by atoms with Crippen LogP contribution >= 0.6 is 0 Å². The monoisotopic (exact) mass is 431 g/mol. The smallest absolute Gasteiger partial charge is 0.280 e. The number of alkyl halides is 2. The first-order chi connectivity index (χ1) is 14.9. The van der Waals surface area contributed by atoms with Crippen LogP contribution in [0.2, 0.25) is 0 Å². The number of hydrogen-bond donors (Lipinski definition) is 0.